The Balaban J connectivity index is 1.64. The fourth-order valence-electron chi connectivity index (χ4n) is 2.51. The van der Waals surface area contributed by atoms with Gasteiger partial charge in [-0.2, -0.15) is 5.10 Å². The summed E-state index contributed by atoms with van der Waals surface area (Å²) in [7, 11) is 0. The van der Waals surface area contributed by atoms with Crippen LogP contribution in [-0.4, -0.2) is 29.1 Å². The van der Waals surface area contributed by atoms with E-state index in [2.05, 4.69) is 21.4 Å². The first-order valence-corrected chi connectivity index (χ1v) is 8.20. The van der Waals surface area contributed by atoms with Crippen molar-refractivity contribution in [3.8, 4) is 11.3 Å². The Morgan fingerprint density at radius 2 is 2.23 bits per heavy atom. The molecule has 9 nitrogen and oxygen atoms in total. The van der Waals surface area contributed by atoms with E-state index in [0.717, 1.165) is 0 Å². The Bertz CT molecular complexity index is 866. The Labute approximate surface area is 153 Å². The fourth-order valence-corrected chi connectivity index (χ4v) is 2.78. The van der Waals surface area contributed by atoms with Gasteiger partial charge in [0.15, 0.2) is 0 Å². The van der Waals surface area contributed by atoms with Crippen molar-refractivity contribution in [3.63, 3.8) is 0 Å². The number of nitro groups is 1. The zero-order chi connectivity index (χ0) is 18.7. The highest BCUT2D eigenvalue weighted by Crippen LogP contribution is 2.31. The average Bonchev–Trinajstić information content (AvgIpc) is 3.24. The first kappa shape index (κ1) is 18.1. The molecule has 136 valence electrons. The van der Waals surface area contributed by atoms with Crippen molar-refractivity contribution < 1.29 is 14.1 Å². The minimum absolute atomic E-state index is 0.0980. The number of rotatable bonds is 5. The zero-order valence-corrected chi connectivity index (χ0v) is 14.5. The van der Waals surface area contributed by atoms with Gasteiger partial charge in [0.05, 0.1) is 16.2 Å². The maximum absolute atomic E-state index is 11.9. The molecule has 2 atom stereocenters. The number of hydrazine groups is 1. The zero-order valence-electron chi connectivity index (χ0n) is 13.7. The van der Waals surface area contributed by atoms with Gasteiger partial charge < -0.3 is 4.42 Å². The third kappa shape index (κ3) is 4.07. The van der Waals surface area contributed by atoms with Crippen molar-refractivity contribution in [1.29, 1.82) is 0 Å². The van der Waals surface area contributed by atoms with Gasteiger partial charge in [-0.3, -0.25) is 20.3 Å². The summed E-state index contributed by atoms with van der Waals surface area (Å²) in [5.74, 6) is 0.594. The number of non-ortho nitro benzene ring substituents is 1. The summed E-state index contributed by atoms with van der Waals surface area (Å²) in [4.78, 5) is 22.1. The summed E-state index contributed by atoms with van der Waals surface area (Å²) in [5.41, 5.74) is 8.70. The standard InChI is InChI=1S/C16H16ClN5O4/c1-9-6-14(20-19-9)16(23)21-18-8-11-3-5-15(26-11)12-4-2-10(22(24)25)7-13(12)17/h2-5,7-9,14,19-20H,6H2,1H3,(H,21,23)/b18-8+. The molecule has 3 N–H and O–H groups in total. The third-order valence-electron chi connectivity index (χ3n) is 3.83. The molecule has 1 saturated heterocycles. The second kappa shape index (κ2) is 7.65. The first-order valence-electron chi connectivity index (χ1n) is 7.82. The lowest BCUT2D eigenvalue weighted by molar-refractivity contribution is -0.384. The van der Waals surface area contributed by atoms with Crippen LogP contribution in [0.3, 0.4) is 0 Å². The van der Waals surface area contributed by atoms with Crippen molar-refractivity contribution in [1.82, 2.24) is 16.3 Å². The van der Waals surface area contributed by atoms with E-state index in [4.69, 9.17) is 16.0 Å². The Hall–Kier alpha value is -2.75. The molecule has 0 spiro atoms. The van der Waals surface area contributed by atoms with Gasteiger partial charge in [0, 0.05) is 23.7 Å². The molecular formula is C16H16ClN5O4. The number of nitro benzene ring substituents is 1. The van der Waals surface area contributed by atoms with Crippen molar-refractivity contribution in [2.75, 3.05) is 0 Å². The monoisotopic (exact) mass is 377 g/mol. The van der Waals surface area contributed by atoms with Gasteiger partial charge in [0.2, 0.25) is 0 Å². The number of benzene rings is 1. The Morgan fingerprint density at radius 1 is 1.42 bits per heavy atom. The molecule has 0 saturated carbocycles. The summed E-state index contributed by atoms with van der Waals surface area (Å²) in [6, 6.07) is 7.32. The van der Waals surface area contributed by atoms with Crippen LogP contribution in [0.5, 0.6) is 0 Å². The highest BCUT2D eigenvalue weighted by atomic mass is 35.5. The van der Waals surface area contributed by atoms with Crippen LogP contribution in [0.4, 0.5) is 5.69 Å². The molecule has 1 aromatic carbocycles. The highest BCUT2D eigenvalue weighted by Gasteiger charge is 2.26. The number of furan rings is 1. The largest absolute Gasteiger partial charge is 0.455 e. The fraction of sp³-hybridized carbons (Fsp3) is 0.250. The van der Waals surface area contributed by atoms with Crippen LogP contribution in [0.2, 0.25) is 5.02 Å². The van der Waals surface area contributed by atoms with E-state index in [1.165, 1.54) is 24.4 Å². The molecule has 0 bridgehead atoms. The second-order valence-electron chi connectivity index (χ2n) is 5.84. The van der Waals surface area contributed by atoms with E-state index in [1.807, 2.05) is 6.92 Å². The summed E-state index contributed by atoms with van der Waals surface area (Å²) in [6.07, 6.45) is 2.04. The summed E-state index contributed by atoms with van der Waals surface area (Å²) in [5, 5.41) is 14.8. The van der Waals surface area contributed by atoms with Crippen molar-refractivity contribution in [3.05, 3.63) is 51.2 Å². The van der Waals surface area contributed by atoms with Gasteiger partial charge in [0.1, 0.15) is 17.6 Å². The minimum Gasteiger partial charge on any atom is -0.455 e. The van der Waals surface area contributed by atoms with Crippen LogP contribution < -0.4 is 16.3 Å². The lowest BCUT2D eigenvalue weighted by atomic mass is 10.1. The minimum atomic E-state index is -0.520. The number of carbonyl (C=O) groups is 1. The molecule has 0 aliphatic carbocycles. The van der Waals surface area contributed by atoms with Gasteiger partial charge in [-0.25, -0.2) is 10.9 Å². The number of nitrogens with zero attached hydrogens (tertiary/aromatic N) is 2. The van der Waals surface area contributed by atoms with Crippen LogP contribution in [0.25, 0.3) is 11.3 Å². The number of hydrogen-bond donors (Lipinski definition) is 3. The van der Waals surface area contributed by atoms with Crippen LogP contribution in [0.1, 0.15) is 19.1 Å². The number of hydrazone groups is 1. The Morgan fingerprint density at radius 3 is 2.88 bits per heavy atom. The van der Waals surface area contributed by atoms with E-state index >= 15 is 0 Å². The van der Waals surface area contributed by atoms with E-state index in [0.29, 0.717) is 23.5 Å². The normalized spacial score (nSPS) is 19.8. The van der Waals surface area contributed by atoms with Crippen molar-refractivity contribution in [2.45, 2.75) is 25.4 Å². The van der Waals surface area contributed by atoms with Crippen LogP contribution in [-0.2, 0) is 4.79 Å². The second-order valence-corrected chi connectivity index (χ2v) is 6.24. The van der Waals surface area contributed by atoms with Gasteiger partial charge in [-0.05, 0) is 31.5 Å². The summed E-state index contributed by atoms with van der Waals surface area (Å²) < 4.78 is 5.59. The molecule has 1 fully saturated rings. The number of halogens is 1. The maximum Gasteiger partial charge on any atom is 0.270 e. The first-order chi connectivity index (χ1) is 12.4. The molecule has 0 radical (unpaired) electrons. The molecule has 3 rings (SSSR count). The topological polar surface area (TPSA) is 122 Å². The number of amides is 1. The molecule has 2 unspecified atom stereocenters. The van der Waals surface area contributed by atoms with Gasteiger partial charge in [-0.1, -0.05) is 11.6 Å². The lowest BCUT2D eigenvalue weighted by Gasteiger charge is -2.05. The number of hydrogen-bond acceptors (Lipinski definition) is 7. The lowest BCUT2D eigenvalue weighted by Crippen LogP contribution is -2.41. The van der Waals surface area contributed by atoms with Crippen molar-refractivity contribution >= 4 is 29.4 Å². The predicted octanol–water partition coefficient (Wildman–Crippen LogP) is 2.21. The summed E-state index contributed by atoms with van der Waals surface area (Å²) >= 11 is 6.08. The highest BCUT2D eigenvalue weighted by molar-refractivity contribution is 6.33. The number of nitrogens with one attached hydrogen (secondary N) is 3. The van der Waals surface area contributed by atoms with E-state index in [1.54, 1.807) is 12.1 Å². The molecule has 1 amide bonds. The Kier molecular flexibility index (Phi) is 5.31. The average molecular weight is 378 g/mol. The molecule has 10 heteroatoms. The SMILES string of the molecule is CC1CC(C(=O)N/N=C/c2ccc(-c3ccc([N+](=O)[O-])cc3Cl)o2)NN1. The van der Waals surface area contributed by atoms with Crippen LogP contribution in [0, 0.1) is 10.1 Å². The van der Waals surface area contributed by atoms with E-state index in [-0.39, 0.29) is 28.7 Å². The molecule has 2 heterocycles. The number of carbonyl (C=O) groups excluding carboxylic acids is 1. The smallest absolute Gasteiger partial charge is 0.270 e. The molecule has 1 aliphatic rings. The third-order valence-corrected chi connectivity index (χ3v) is 4.14. The van der Waals surface area contributed by atoms with Gasteiger partial charge in [-0.15, -0.1) is 0 Å². The van der Waals surface area contributed by atoms with Gasteiger partial charge in [0.25, 0.3) is 11.6 Å². The van der Waals surface area contributed by atoms with E-state index < -0.39 is 4.92 Å². The van der Waals surface area contributed by atoms with Gasteiger partial charge >= 0.3 is 0 Å². The summed E-state index contributed by atoms with van der Waals surface area (Å²) in [6.45, 7) is 1.97. The maximum atomic E-state index is 11.9. The molecule has 1 aromatic heterocycles. The molecule has 1 aliphatic heterocycles. The quantitative estimate of drug-likeness (QED) is 0.417. The van der Waals surface area contributed by atoms with E-state index in [9.17, 15) is 14.9 Å². The van der Waals surface area contributed by atoms with Crippen LogP contribution >= 0.6 is 11.6 Å². The predicted molar refractivity (Wildman–Crippen MR) is 95.7 cm³/mol. The molecular weight excluding hydrogens is 362 g/mol. The molecule has 26 heavy (non-hydrogen) atoms. The van der Waals surface area contributed by atoms with Crippen LogP contribution in [0.15, 0.2) is 39.9 Å². The molecule has 2 aromatic rings. The van der Waals surface area contributed by atoms with Crippen molar-refractivity contribution in [2.24, 2.45) is 5.10 Å².